The van der Waals surface area contributed by atoms with E-state index in [1.165, 1.54) is 0 Å². The predicted octanol–water partition coefficient (Wildman–Crippen LogP) is 14.0. The highest BCUT2D eigenvalue weighted by Crippen LogP contribution is 2.80. The van der Waals surface area contributed by atoms with Crippen molar-refractivity contribution in [2.24, 2.45) is 0 Å². The second-order valence-electron chi connectivity index (χ2n) is 12.5. The van der Waals surface area contributed by atoms with Crippen LogP contribution in [0.3, 0.4) is 0 Å². The van der Waals surface area contributed by atoms with Gasteiger partial charge in [0.25, 0.3) is 0 Å². The molecule has 256 valence electrons. The Kier molecular flexibility index (Phi) is 9.96. The van der Waals surface area contributed by atoms with E-state index in [1.807, 2.05) is 0 Å². The van der Waals surface area contributed by atoms with Crippen molar-refractivity contribution in [3.63, 3.8) is 0 Å². The molecule has 0 aliphatic heterocycles. The van der Waals surface area contributed by atoms with E-state index in [0.717, 1.165) is 45.5 Å². The fourth-order valence-electron chi connectivity index (χ4n) is 6.93. The van der Waals surface area contributed by atoms with Crippen LogP contribution < -0.4 is 18.7 Å². The molecule has 0 saturated carbocycles. The molecule has 0 aromatic heterocycles. The van der Waals surface area contributed by atoms with Crippen LogP contribution in [-0.2, 0) is 0 Å². The van der Waals surface area contributed by atoms with Gasteiger partial charge in [0.2, 0.25) is 0 Å². The van der Waals surface area contributed by atoms with Gasteiger partial charge in [0.15, 0.2) is 0 Å². The summed E-state index contributed by atoms with van der Waals surface area (Å²) in [5.41, 5.74) is 8.43. The number of anilines is 8. The quantitative estimate of drug-likeness (QED) is 0.117. The first-order valence-corrected chi connectivity index (χ1v) is 19.5. The summed E-state index contributed by atoms with van der Waals surface area (Å²) in [4.78, 5) is 0. The third kappa shape index (κ3) is 6.65. The lowest BCUT2D eigenvalue weighted by atomic mass is 10.2. The average Bonchev–Trinajstić information content (AvgIpc) is 3.24. The summed E-state index contributed by atoms with van der Waals surface area (Å²) in [7, 11) is -3.38. The SMILES string of the molecule is c1ccc(N(c2ccccc2)[P+](N(c2ccccc2)c2ccccc2)(N(c2ccccc2)c2ccccc2)N(c2ccccc2)c2ccccc2)cc1. The summed E-state index contributed by atoms with van der Waals surface area (Å²) in [6, 6.07) is 86.7. The Morgan fingerprint density at radius 1 is 0.170 bits per heavy atom. The number of para-hydroxylation sites is 8. The minimum atomic E-state index is -3.38. The van der Waals surface area contributed by atoms with E-state index in [0.29, 0.717) is 0 Å². The topological polar surface area (TPSA) is 13.0 Å². The van der Waals surface area contributed by atoms with Gasteiger partial charge < -0.3 is 0 Å². The molecule has 8 aromatic rings. The third-order valence-corrected chi connectivity index (χ3v) is 13.1. The number of hydrogen-bond acceptors (Lipinski definition) is 4. The van der Waals surface area contributed by atoms with Crippen LogP contribution in [0.4, 0.5) is 45.5 Å². The Balaban J connectivity index is 1.67. The maximum Gasteiger partial charge on any atom is 0.424 e. The Morgan fingerprint density at radius 3 is 0.396 bits per heavy atom. The average molecular weight is 704 g/mol. The van der Waals surface area contributed by atoms with Crippen LogP contribution in [0, 0.1) is 0 Å². The smallest absolute Gasteiger partial charge is 0.157 e. The number of rotatable bonds is 12. The highest BCUT2D eigenvalue weighted by atomic mass is 31.2. The molecule has 5 heteroatoms. The van der Waals surface area contributed by atoms with Crippen LogP contribution in [0.5, 0.6) is 0 Å². The maximum atomic E-state index is 2.59. The van der Waals surface area contributed by atoms with E-state index in [1.54, 1.807) is 0 Å². The summed E-state index contributed by atoms with van der Waals surface area (Å²) >= 11 is 0. The molecule has 0 N–H and O–H groups in total. The van der Waals surface area contributed by atoms with E-state index >= 15 is 0 Å². The molecule has 0 fully saturated rings. The zero-order valence-electron chi connectivity index (χ0n) is 29.3. The number of nitrogens with zero attached hydrogens (tertiary/aromatic N) is 4. The molecular weight excluding hydrogens is 664 g/mol. The standard InChI is InChI=1S/C48H40N4P/c1-9-25-41(26-10-1)49(42-27-11-2-12-28-42)53(50(43-29-13-3-14-30-43)44-31-15-4-16-32-44,51(45-33-17-5-18-34-45)46-35-19-6-20-36-46)52(47-37-21-7-22-38-47)48-39-23-8-24-40-48/h1-40H/q+1. The molecule has 0 aliphatic rings. The van der Waals surface area contributed by atoms with Gasteiger partial charge in [-0.3, -0.25) is 0 Å². The monoisotopic (exact) mass is 703 g/mol. The van der Waals surface area contributed by atoms with Gasteiger partial charge in [0, 0.05) is 0 Å². The Morgan fingerprint density at radius 2 is 0.283 bits per heavy atom. The Hall–Kier alpha value is -6.61. The molecule has 8 aromatic carbocycles. The second kappa shape index (κ2) is 15.7. The first-order chi connectivity index (χ1) is 26.4. The van der Waals surface area contributed by atoms with Crippen molar-refractivity contribution in [3.05, 3.63) is 243 Å². The van der Waals surface area contributed by atoms with Crippen molar-refractivity contribution in [1.82, 2.24) is 0 Å². The zero-order valence-corrected chi connectivity index (χ0v) is 30.2. The van der Waals surface area contributed by atoms with Gasteiger partial charge in [-0.1, -0.05) is 146 Å². The minimum absolute atomic E-state index is 1.05. The van der Waals surface area contributed by atoms with Crippen molar-refractivity contribution in [3.8, 4) is 0 Å². The van der Waals surface area contributed by atoms with E-state index in [4.69, 9.17) is 0 Å². The first kappa shape index (κ1) is 33.5. The van der Waals surface area contributed by atoms with Gasteiger partial charge in [-0.25, -0.2) is 0 Å². The summed E-state index contributed by atoms with van der Waals surface area (Å²) in [6.07, 6.45) is 0. The van der Waals surface area contributed by atoms with Crippen molar-refractivity contribution in [1.29, 1.82) is 0 Å². The van der Waals surface area contributed by atoms with Crippen LogP contribution in [-0.4, -0.2) is 0 Å². The fourth-order valence-corrected chi connectivity index (χ4v) is 11.5. The van der Waals surface area contributed by atoms with Crippen molar-refractivity contribution >= 4 is 53.4 Å². The fraction of sp³-hybridized carbons (Fsp3) is 0. The predicted molar refractivity (Wildman–Crippen MR) is 227 cm³/mol. The van der Waals surface area contributed by atoms with Gasteiger partial charge in [0.1, 0.15) is 0 Å². The molecule has 0 aliphatic carbocycles. The van der Waals surface area contributed by atoms with E-state index in [9.17, 15) is 0 Å². The van der Waals surface area contributed by atoms with Crippen LogP contribution in [0.1, 0.15) is 0 Å². The summed E-state index contributed by atoms with van der Waals surface area (Å²) < 4.78 is 10.4. The molecule has 0 heterocycles. The lowest BCUT2D eigenvalue weighted by Gasteiger charge is -2.52. The van der Waals surface area contributed by atoms with Crippen molar-refractivity contribution in [2.45, 2.75) is 0 Å². The van der Waals surface area contributed by atoms with Crippen molar-refractivity contribution < 1.29 is 0 Å². The minimum Gasteiger partial charge on any atom is -0.157 e. The maximum absolute atomic E-state index is 3.38. The van der Waals surface area contributed by atoms with Gasteiger partial charge >= 0.3 is 7.87 Å². The second-order valence-corrected chi connectivity index (χ2v) is 15.1. The van der Waals surface area contributed by atoms with Gasteiger partial charge in [-0.15, -0.1) is 0 Å². The molecule has 8 rings (SSSR count). The zero-order chi connectivity index (χ0) is 35.7. The third-order valence-electron chi connectivity index (χ3n) is 9.08. The van der Waals surface area contributed by atoms with E-state index < -0.39 is 7.87 Å². The number of hydrogen-bond donors (Lipinski definition) is 0. The molecule has 0 spiro atoms. The molecule has 0 amide bonds. The molecule has 0 bridgehead atoms. The summed E-state index contributed by atoms with van der Waals surface area (Å²) in [5.74, 6) is 0. The van der Waals surface area contributed by atoms with Crippen molar-refractivity contribution in [2.75, 3.05) is 18.7 Å². The van der Waals surface area contributed by atoms with Gasteiger partial charge in [0.05, 0.1) is 45.5 Å². The highest BCUT2D eigenvalue weighted by molar-refractivity contribution is 7.83. The molecule has 0 atom stereocenters. The summed E-state index contributed by atoms with van der Waals surface area (Å²) in [5, 5.41) is 0. The molecule has 0 radical (unpaired) electrons. The highest BCUT2D eigenvalue weighted by Gasteiger charge is 2.66. The van der Waals surface area contributed by atoms with E-state index in [2.05, 4.69) is 261 Å². The molecule has 0 saturated heterocycles. The molecular formula is C48H40N4P+. The van der Waals surface area contributed by atoms with Gasteiger partial charge in [-0.2, -0.15) is 18.7 Å². The first-order valence-electron chi connectivity index (χ1n) is 17.9. The van der Waals surface area contributed by atoms with Crippen LogP contribution in [0.2, 0.25) is 0 Å². The van der Waals surface area contributed by atoms with E-state index in [-0.39, 0.29) is 0 Å². The molecule has 53 heavy (non-hydrogen) atoms. The number of benzene rings is 8. The molecule has 4 nitrogen and oxygen atoms in total. The lowest BCUT2D eigenvalue weighted by Crippen LogP contribution is -2.48. The summed E-state index contributed by atoms with van der Waals surface area (Å²) in [6.45, 7) is 0. The largest absolute Gasteiger partial charge is 0.424 e. The Bertz CT molecular complexity index is 1780. The lowest BCUT2D eigenvalue weighted by molar-refractivity contribution is 1.18. The molecule has 0 unspecified atom stereocenters. The normalized spacial score (nSPS) is 11.0. The van der Waals surface area contributed by atoms with Crippen LogP contribution in [0.25, 0.3) is 0 Å². The Labute approximate surface area is 313 Å². The van der Waals surface area contributed by atoms with Gasteiger partial charge in [-0.05, 0) is 97.1 Å². The van der Waals surface area contributed by atoms with Crippen LogP contribution >= 0.6 is 7.87 Å². The van der Waals surface area contributed by atoms with Crippen LogP contribution in [0.15, 0.2) is 243 Å².